The second-order valence-corrected chi connectivity index (χ2v) is 7.24. The molecule has 4 nitrogen and oxygen atoms in total. The predicted octanol–water partition coefficient (Wildman–Crippen LogP) is 4.46. The van der Waals surface area contributed by atoms with Crippen molar-refractivity contribution in [2.45, 2.75) is 12.8 Å². The van der Waals surface area contributed by atoms with Crippen LogP contribution < -0.4 is 10.6 Å². The van der Waals surface area contributed by atoms with E-state index in [1.165, 1.54) is 23.5 Å². The van der Waals surface area contributed by atoms with Crippen LogP contribution in [0.2, 0.25) is 0 Å². The molecule has 2 heterocycles. The summed E-state index contributed by atoms with van der Waals surface area (Å²) >= 11 is 1.49. The molecule has 0 spiro atoms. The van der Waals surface area contributed by atoms with Gasteiger partial charge in [-0.15, -0.1) is 23.7 Å². The molecule has 3 aromatic rings. The molecule has 1 saturated heterocycles. The van der Waals surface area contributed by atoms with Crippen molar-refractivity contribution in [3.63, 3.8) is 0 Å². The molecule has 0 aliphatic carbocycles. The van der Waals surface area contributed by atoms with E-state index in [0.29, 0.717) is 22.8 Å². The molecule has 2 N–H and O–H groups in total. The first-order valence-corrected chi connectivity index (χ1v) is 9.19. The van der Waals surface area contributed by atoms with E-state index in [4.69, 9.17) is 0 Å². The fourth-order valence-electron chi connectivity index (χ4n) is 3.10. The number of fused-ring (bicyclic) bond motifs is 1. The fraction of sp³-hybridized carbons (Fsp3) is 0.263. The number of nitrogens with one attached hydrogen (secondary N) is 2. The molecule has 1 atom stereocenters. The summed E-state index contributed by atoms with van der Waals surface area (Å²) in [6.07, 6.45) is 1.86. The van der Waals surface area contributed by atoms with Crippen molar-refractivity contribution in [1.29, 1.82) is 0 Å². The highest BCUT2D eigenvalue weighted by Gasteiger charge is 2.22. The molecule has 26 heavy (non-hydrogen) atoms. The maximum absolute atomic E-state index is 13.8. The van der Waals surface area contributed by atoms with Gasteiger partial charge in [-0.1, -0.05) is 12.1 Å². The van der Waals surface area contributed by atoms with E-state index in [1.54, 1.807) is 6.07 Å². The molecule has 1 amide bonds. The van der Waals surface area contributed by atoms with Crippen molar-refractivity contribution in [1.82, 2.24) is 10.3 Å². The van der Waals surface area contributed by atoms with Gasteiger partial charge in [-0.3, -0.25) is 4.79 Å². The summed E-state index contributed by atoms with van der Waals surface area (Å²) in [6.45, 7) is 1.64. The maximum atomic E-state index is 13.8. The highest BCUT2D eigenvalue weighted by Crippen LogP contribution is 2.35. The third-order valence-corrected chi connectivity index (χ3v) is 5.50. The Kier molecular flexibility index (Phi) is 5.86. The minimum atomic E-state index is -0.341. The molecule has 0 bridgehead atoms. The Hall–Kier alpha value is -2.02. The van der Waals surface area contributed by atoms with Gasteiger partial charge in [0.25, 0.3) is 0 Å². The van der Waals surface area contributed by atoms with Crippen molar-refractivity contribution >= 4 is 45.6 Å². The van der Waals surface area contributed by atoms with Crippen LogP contribution in [0.15, 0.2) is 42.5 Å². The van der Waals surface area contributed by atoms with E-state index in [9.17, 15) is 9.18 Å². The van der Waals surface area contributed by atoms with Crippen LogP contribution in [0.25, 0.3) is 20.8 Å². The van der Waals surface area contributed by atoms with E-state index >= 15 is 0 Å². The van der Waals surface area contributed by atoms with Gasteiger partial charge >= 0.3 is 0 Å². The Bertz CT molecular complexity index is 891. The van der Waals surface area contributed by atoms with E-state index in [1.807, 2.05) is 24.3 Å². The average Bonchev–Trinajstić information content (AvgIpc) is 3.08. The van der Waals surface area contributed by atoms with Crippen molar-refractivity contribution in [2.24, 2.45) is 5.92 Å². The molecule has 1 aromatic heterocycles. The van der Waals surface area contributed by atoms with Crippen LogP contribution in [-0.2, 0) is 4.79 Å². The van der Waals surface area contributed by atoms with Gasteiger partial charge < -0.3 is 10.6 Å². The number of carbonyl (C=O) groups excluding carboxylic acids is 1. The fourth-order valence-corrected chi connectivity index (χ4v) is 4.10. The second-order valence-electron chi connectivity index (χ2n) is 6.21. The highest BCUT2D eigenvalue weighted by molar-refractivity contribution is 7.21. The lowest BCUT2D eigenvalue weighted by Gasteiger charge is -2.22. The lowest BCUT2D eigenvalue weighted by Crippen LogP contribution is -2.37. The summed E-state index contributed by atoms with van der Waals surface area (Å²) in [5, 5.41) is 6.92. The van der Waals surface area contributed by atoms with Crippen molar-refractivity contribution in [3.8, 4) is 10.6 Å². The molecule has 1 fully saturated rings. The Morgan fingerprint density at radius 3 is 2.88 bits per heavy atom. The number of carbonyl (C=O) groups is 1. The number of benzene rings is 2. The van der Waals surface area contributed by atoms with Gasteiger partial charge in [-0.05, 0) is 49.7 Å². The standard InChI is InChI=1S/C19H18FN3OS.ClH/c20-13-7-8-15(22-18(24)12-4-3-9-21-11-12)14(10-13)19-23-16-5-1-2-6-17(16)25-19;/h1-2,5-8,10,12,21H,3-4,9,11H2,(H,22,24);1H. The average molecular weight is 392 g/mol. The number of anilines is 1. The lowest BCUT2D eigenvalue weighted by molar-refractivity contribution is -0.120. The lowest BCUT2D eigenvalue weighted by atomic mass is 9.98. The quantitative estimate of drug-likeness (QED) is 0.693. The van der Waals surface area contributed by atoms with Crippen LogP contribution in [-0.4, -0.2) is 24.0 Å². The summed E-state index contributed by atoms with van der Waals surface area (Å²) < 4.78 is 14.9. The highest BCUT2D eigenvalue weighted by atomic mass is 35.5. The van der Waals surface area contributed by atoms with Crippen LogP contribution in [0.4, 0.5) is 10.1 Å². The minimum absolute atomic E-state index is 0. The van der Waals surface area contributed by atoms with E-state index < -0.39 is 0 Å². The molecule has 4 rings (SSSR count). The number of hydrogen-bond acceptors (Lipinski definition) is 4. The van der Waals surface area contributed by atoms with Gasteiger partial charge in [0, 0.05) is 12.1 Å². The topological polar surface area (TPSA) is 54.0 Å². The monoisotopic (exact) mass is 391 g/mol. The number of amides is 1. The number of rotatable bonds is 3. The van der Waals surface area contributed by atoms with Crippen molar-refractivity contribution in [2.75, 3.05) is 18.4 Å². The van der Waals surface area contributed by atoms with Crippen molar-refractivity contribution in [3.05, 3.63) is 48.3 Å². The third-order valence-electron chi connectivity index (χ3n) is 4.43. The van der Waals surface area contributed by atoms with E-state index in [0.717, 1.165) is 29.6 Å². The molecular formula is C19H19ClFN3OS. The third kappa shape index (κ3) is 3.87. The van der Waals surface area contributed by atoms with Gasteiger partial charge in [0.05, 0.1) is 21.8 Å². The zero-order valence-electron chi connectivity index (χ0n) is 14.0. The molecule has 1 unspecified atom stereocenters. The normalized spacial score (nSPS) is 16.9. The molecule has 7 heteroatoms. The Morgan fingerprint density at radius 1 is 1.27 bits per heavy atom. The minimum Gasteiger partial charge on any atom is -0.325 e. The summed E-state index contributed by atoms with van der Waals surface area (Å²) in [6, 6.07) is 12.2. The Morgan fingerprint density at radius 2 is 2.12 bits per heavy atom. The number of aromatic nitrogens is 1. The first kappa shape index (κ1) is 18.8. The first-order chi connectivity index (χ1) is 12.2. The number of nitrogens with zero attached hydrogens (tertiary/aromatic N) is 1. The Labute approximate surface area is 161 Å². The summed E-state index contributed by atoms with van der Waals surface area (Å²) in [5.74, 6) is -0.422. The molecule has 1 aliphatic heterocycles. The van der Waals surface area contributed by atoms with Crippen LogP contribution in [0, 0.1) is 11.7 Å². The number of hydrogen-bond donors (Lipinski definition) is 2. The summed E-state index contributed by atoms with van der Waals surface area (Å²) in [7, 11) is 0. The molecule has 0 radical (unpaired) electrons. The van der Waals surface area contributed by atoms with Gasteiger partial charge in [-0.2, -0.15) is 0 Å². The first-order valence-electron chi connectivity index (χ1n) is 8.38. The summed E-state index contributed by atoms with van der Waals surface area (Å²) in [5.41, 5.74) is 2.11. The molecular weight excluding hydrogens is 373 g/mol. The Balaban J connectivity index is 0.00000196. The smallest absolute Gasteiger partial charge is 0.228 e. The van der Waals surface area contributed by atoms with Crippen LogP contribution in [0.1, 0.15) is 12.8 Å². The zero-order valence-corrected chi connectivity index (χ0v) is 15.6. The van der Waals surface area contributed by atoms with Gasteiger partial charge in [0.2, 0.25) is 5.91 Å². The van der Waals surface area contributed by atoms with Crippen LogP contribution in [0.5, 0.6) is 0 Å². The number of para-hydroxylation sites is 1. The predicted molar refractivity (Wildman–Crippen MR) is 106 cm³/mol. The summed E-state index contributed by atoms with van der Waals surface area (Å²) in [4.78, 5) is 17.1. The maximum Gasteiger partial charge on any atom is 0.228 e. The molecule has 0 saturated carbocycles. The van der Waals surface area contributed by atoms with Crippen LogP contribution >= 0.6 is 23.7 Å². The number of thiazole rings is 1. The van der Waals surface area contributed by atoms with Gasteiger partial charge in [-0.25, -0.2) is 9.37 Å². The SMILES string of the molecule is Cl.O=C(Nc1ccc(F)cc1-c1nc2ccccc2s1)C1CCCNC1. The van der Waals surface area contributed by atoms with E-state index in [-0.39, 0.29) is 30.0 Å². The number of halogens is 2. The number of piperidine rings is 1. The second kappa shape index (κ2) is 8.12. The molecule has 2 aromatic carbocycles. The zero-order chi connectivity index (χ0) is 17.2. The molecule has 136 valence electrons. The van der Waals surface area contributed by atoms with Crippen LogP contribution in [0.3, 0.4) is 0 Å². The van der Waals surface area contributed by atoms with Crippen molar-refractivity contribution < 1.29 is 9.18 Å². The van der Waals surface area contributed by atoms with Gasteiger partial charge in [0.15, 0.2) is 0 Å². The largest absolute Gasteiger partial charge is 0.325 e. The molecule has 1 aliphatic rings. The van der Waals surface area contributed by atoms with Gasteiger partial charge in [0.1, 0.15) is 10.8 Å². The van der Waals surface area contributed by atoms with E-state index in [2.05, 4.69) is 15.6 Å².